The summed E-state index contributed by atoms with van der Waals surface area (Å²) < 4.78 is 12.1. The van der Waals surface area contributed by atoms with E-state index in [2.05, 4.69) is 26.6 Å². The van der Waals surface area contributed by atoms with Gasteiger partial charge in [-0.05, 0) is 69.7 Å². The first-order valence-electron chi connectivity index (χ1n) is 14.5. The molecule has 9 nitrogen and oxygen atoms in total. The maximum absolute atomic E-state index is 14.0. The molecule has 3 saturated heterocycles. The van der Waals surface area contributed by atoms with Crippen molar-refractivity contribution in [3.05, 3.63) is 24.3 Å². The molecule has 0 radical (unpaired) electrons. The van der Waals surface area contributed by atoms with Crippen molar-refractivity contribution < 1.29 is 29.0 Å². The Balaban J connectivity index is 1.40. The molecule has 4 aliphatic rings. The Labute approximate surface area is 238 Å². The predicted molar refractivity (Wildman–Crippen MR) is 150 cm³/mol. The highest BCUT2D eigenvalue weighted by Gasteiger charge is 2.76. The van der Waals surface area contributed by atoms with Gasteiger partial charge in [-0.2, -0.15) is 0 Å². The van der Waals surface area contributed by atoms with Crippen LogP contribution in [0, 0.1) is 11.8 Å². The number of hydrogen-bond acceptors (Lipinski definition) is 6. The predicted octanol–water partition coefficient (Wildman–Crippen LogP) is 3.38. The molecule has 3 N–H and O–H groups in total. The van der Waals surface area contributed by atoms with E-state index in [-0.39, 0.29) is 35.2 Å². The van der Waals surface area contributed by atoms with Gasteiger partial charge in [0.2, 0.25) is 17.7 Å². The van der Waals surface area contributed by atoms with E-state index in [1.54, 1.807) is 29.2 Å². The number of likely N-dealkylation sites (tertiary alicyclic amines) is 1. The molecule has 214 valence electrons. The maximum Gasteiger partial charge on any atom is 0.246 e. The number of unbranched alkanes of at least 4 members (excludes halogenated alkanes) is 2. The largest absolute Gasteiger partial charge is 0.494 e. The molecule has 3 amide bonds. The van der Waals surface area contributed by atoms with Gasteiger partial charge in [-0.25, -0.2) is 0 Å². The van der Waals surface area contributed by atoms with Gasteiger partial charge in [-0.1, -0.05) is 35.2 Å². The number of halogens is 1. The lowest BCUT2D eigenvalue weighted by molar-refractivity contribution is -0.141. The fraction of sp³-hybridized carbons (Fsp3) is 0.690. The van der Waals surface area contributed by atoms with Gasteiger partial charge >= 0.3 is 0 Å². The first-order chi connectivity index (χ1) is 18.9. The number of hydrogen-bond donors (Lipinski definition) is 3. The van der Waals surface area contributed by atoms with Gasteiger partial charge in [0.05, 0.1) is 24.5 Å². The third-order valence-electron chi connectivity index (χ3n) is 8.78. The summed E-state index contributed by atoms with van der Waals surface area (Å²) in [5.74, 6) is -1.35. The zero-order valence-electron chi connectivity index (χ0n) is 22.6. The van der Waals surface area contributed by atoms with E-state index in [0.717, 1.165) is 32.1 Å². The number of nitrogens with zero attached hydrogens (tertiary/aromatic N) is 1. The Kier molecular flexibility index (Phi) is 8.83. The zero-order chi connectivity index (χ0) is 27.6. The van der Waals surface area contributed by atoms with Crippen LogP contribution in [0.1, 0.15) is 64.7 Å². The van der Waals surface area contributed by atoms with Crippen molar-refractivity contribution in [1.29, 1.82) is 0 Å². The minimum Gasteiger partial charge on any atom is -0.494 e. The second-order valence-corrected chi connectivity index (χ2v) is 12.4. The second kappa shape index (κ2) is 12.1. The fourth-order valence-corrected chi connectivity index (χ4v) is 8.04. The lowest BCUT2D eigenvalue weighted by Crippen LogP contribution is -2.57. The number of carbonyl (C=O) groups is 3. The average molecular weight is 607 g/mol. The van der Waals surface area contributed by atoms with E-state index in [9.17, 15) is 19.5 Å². The SMILES string of the molecule is CCOc1ccc(NC(=O)[C@H]2[C@H]3C(=O)N(CCCCCO)C(C(=O)NC4CCCCC4)C34CC(Br)[C@@H]2O4)cc1. The van der Waals surface area contributed by atoms with E-state index in [1.165, 1.54) is 6.42 Å². The minimum atomic E-state index is -1.05. The van der Waals surface area contributed by atoms with Gasteiger partial charge in [0.15, 0.2) is 0 Å². The molecule has 1 aliphatic carbocycles. The Hall–Kier alpha value is -2.17. The van der Waals surface area contributed by atoms with Crippen molar-refractivity contribution in [3.63, 3.8) is 0 Å². The third kappa shape index (κ3) is 5.44. The number of anilines is 1. The molecule has 3 aliphatic heterocycles. The molecular formula is C29H40BrN3O6. The molecule has 4 fully saturated rings. The van der Waals surface area contributed by atoms with E-state index < -0.39 is 29.6 Å². The summed E-state index contributed by atoms with van der Waals surface area (Å²) >= 11 is 3.72. The van der Waals surface area contributed by atoms with E-state index in [0.29, 0.717) is 43.9 Å². The Morgan fingerprint density at radius 2 is 1.87 bits per heavy atom. The summed E-state index contributed by atoms with van der Waals surface area (Å²) in [6.07, 6.45) is 7.30. The number of amides is 3. The van der Waals surface area contributed by atoms with Crippen LogP contribution >= 0.6 is 15.9 Å². The summed E-state index contributed by atoms with van der Waals surface area (Å²) in [7, 11) is 0. The molecule has 10 heteroatoms. The number of aliphatic hydroxyl groups is 1. The van der Waals surface area contributed by atoms with Crippen molar-refractivity contribution >= 4 is 39.3 Å². The van der Waals surface area contributed by atoms with Crippen molar-refractivity contribution in [2.24, 2.45) is 11.8 Å². The third-order valence-corrected chi connectivity index (χ3v) is 9.63. The first kappa shape index (κ1) is 28.4. The van der Waals surface area contributed by atoms with E-state index in [4.69, 9.17) is 9.47 Å². The molecule has 5 rings (SSSR count). The van der Waals surface area contributed by atoms with Crippen molar-refractivity contribution in [1.82, 2.24) is 10.2 Å². The van der Waals surface area contributed by atoms with Gasteiger partial charge in [0.1, 0.15) is 17.4 Å². The highest BCUT2D eigenvalue weighted by Crippen LogP contribution is 2.60. The fourth-order valence-electron chi connectivity index (χ4n) is 7.09. The van der Waals surface area contributed by atoms with Crippen LogP contribution in [0.15, 0.2) is 24.3 Å². The lowest BCUT2D eigenvalue weighted by Gasteiger charge is -2.35. The number of nitrogens with one attached hydrogen (secondary N) is 2. The van der Waals surface area contributed by atoms with Gasteiger partial charge in [0, 0.05) is 29.7 Å². The standard InChI is InChI=1S/C29H40BrN3O6/c1-2-38-20-13-11-19(12-14-20)31-26(35)22-23-28(37)33(15-7-4-8-16-34)25(29(23)17-21(30)24(22)39-29)27(36)32-18-9-5-3-6-10-18/h11-14,18,21-25,34H,2-10,15-17H2,1H3,(H,31,35)(H,32,36)/t21?,22-,23-,24-,25?,29?/m0/s1. The number of carbonyl (C=O) groups excluding carboxylic acids is 3. The quantitative estimate of drug-likeness (QED) is 0.263. The van der Waals surface area contributed by atoms with Gasteiger partial charge < -0.3 is 30.1 Å². The summed E-state index contributed by atoms with van der Waals surface area (Å²) in [5.41, 5.74) is -0.434. The van der Waals surface area contributed by atoms with Crippen LogP contribution in [0.3, 0.4) is 0 Å². The molecule has 0 aromatic heterocycles. The smallest absolute Gasteiger partial charge is 0.246 e. The number of aliphatic hydroxyl groups excluding tert-OH is 1. The summed E-state index contributed by atoms with van der Waals surface area (Å²) in [5, 5.41) is 15.4. The van der Waals surface area contributed by atoms with Crippen LogP contribution in [0.2, 0.25) is 0 Å². The summed E-state index contributed by atoms with van der Waals surface area (Å²) in [6, 6.07) is 6.48. The van der Waals surface area contributed by atoms with Crippen LogP contribution < -0.4 is 15.4 Å². The van der Waals surface area contributed by atoms with Crippen LogP contribution in [-0.4, -0.2) is 76.1 Å². The number of benzene rings is 1. The van der Waals surface area contributed by atoms with Crippen LogP contribution in [0.5, 0.6) is 5.75 Å². The Morgan fingerprint density at radius 3 is 2.56 bits per heavy atom. The molecule has 1 spiro atoms. The minimum absolute atomic E-state index is 0.0932. The number of alkyl halides is 1. The Morgan fingerprint density at radius 1 is 1.13 bits per heavy atom. The highest BCUT2D eigenvalue weighted by molar-refractivity contribution is 9.09. The molecule has 2 bridgehead atoms. The van der Waals surface area contributed by atoms with Crippen LogP contribution in [0.4, 0.5) is 5.69 Å². The first-order valence-corrected chi connectivity index (χ1v) is 15.4. The van der Waals surface area contributed by atoms with Gasteiger partial charge in [0.25, 0.3) is 0 Å². The molecular weight excluding hydrogens is 566 g/mol. The summed E-state index contributed by atoms with van der Waals surface area (Å²) in [6.45, 7) is 2.95. The molecule has 1 aromatic carbocycles. The topological polar surface area (TPSA) is 117 Å². The molecule has 3 heterocycles. The number of fused-ring (bicyclic) bond motifs is 1. The summed E-state index contributed by atoms with van der Waals surface area (Å²) in [4.78, 5) is 43.2. The molecule has 1 aromatic rings. The van der Waals surface area contributed by atoms with Gasteiger partial charge in [-0.3, -0.25) is 14.4 Å². The van der Waals surface area contributed by atoms with Crippen LogP contribution in [0.25, 0.3) is 0 Å². The zero-order valence-corrected chi connectivity index (χ0v) is 24.2. The second-order valence-electron chi connectivity index (χ2n) is 11.3. The molecule has 6 atom stereocenters. The van der Waals surface area contributed by atoms with Gasteiger partial charge in [-0.15, -0.1) is 0 Å². The van der Waals surface area contributed by atoms with E-state index in [1.807, 2.05) is 6.92 Å². The van der Waals surface area contributed by atoms with Crippen molar-refractivity contribution in [2.45, 2.75) is 93.3 Å². The monoisotopic (exact) mass is 605 g/mol. The highest BCUT2D eigenvalue weighted by atomic mass is 79.9. The average Bonchev–Trinajstić information content (AvgIpc) is 3.52. The van der Waals surface area contributed by atoms with Crippen LogP contribution in [-0.2, 0) is 19.1 Å². The van der Waals surface area contributed by atoms with E-state index >= 15 is 0 Å². The maximum atomic E-state index is 14.0. The van der Waals surface area contributed by atoms with Crippen molar-refractivity contribution in [3.8, 4) is 5.75 Å². The molecule has 39 heavy (non-hydrogen) atoms. The molecule has 1 saturated carbocycles. The number of ether oxygens (including phenoxy) is 2. The van der Waals surface area contributed by atoms with Crippen molar-refractivity contribution in [2.75, 3.05) is 25.1 Å². The molecule has 3 unspecified atom stereocenters. The normalized spacial score (nSPS) is 31.8. The Bertz CT molecular complexity index is 1050. The number of rotatable bonds is 11. The lowest BCUT2D eigenvalue weighted by atomic mass is 9.70.